The Kier molecular flexibility index (Phi) is 0.935. The molecule has 1 aromatic heterocycles. The molecule has 0 aliphatic heterocycles. The standard InChI is InChI=1S/C5H4N2O/c1-2-4-3-6-5(8)7-4/h1,3H,(H2,6,7,8). The van der Waals surface area contributed by atoms with Crippen molar-refractivity contribution in [3.63, 3.8) is 0 Å². The molecule has 0 amide bonds. The summed E-state index contributed by atoms with van der Waals surface area (Å²) in [6, 6.07) is 0. The van der Waals surface area contributed by atoms with E-state index in [-0.39, 0.29) is 5.69 Å². The first-order valence-corrected chi connectivity index (χ1v) is 2.07. The van der Waals surface area contributed by atoms with E-state index < -0.39 is 0 Å². The van der Waals surface area contributed by atoms with E-state index in [1.807, 2.05) is 0 Å². The molecule has 0 fully saturated rings. The van der Waals surface area contributed by atoms with Gasteiger partial charge in [-0.25, -0.2) is 4.79 Å². The van der Waals surface area contributed by atoms with Crippen LogP contribution in [0.15, 0.2) is 11.0 Å². The average Bonchev–Trinajstić information content (AvgIpc) is 2.14. The van der Waals surface area contributed by atoms with Gasteiger partial charge in [0.25, 0.3) is 0 Å². The Bertz CT molecular complexity index is 262. The Balaban J connectivity index is 3.25. The minimum Gasteiger partial charge on any atom is -0.312 e. The normalized spacial score (nSPS) is 8.38. The van der Waals surface area contributed by atoms with Crippen LogP contribution in [0.5, 0.6) is 0 Å². The molecule has 1 aromatic rings. The fraction of sp³-hybridized carbons (Fsp3) is 0. The smallest absolute Gasteiger partial charge is 0.312 e. The number of nitrogens with one attached hydrogen (secondary N) is 2. The van der Waals surface area contributed by atoms with Crippen LogP contribution in [0.3, 0.4) is 0 Å². The van der Waals surface area contributed by atoms with E-state index >= 15 is 0 Å². The predicted molar refractivity (Wildman–Crippen MR) is 29.3 cm³/mol. The molecule has 1 rings (SSSR count). The molecule has 3 nitrogen and oxygen atoms in total. The first kappa shape index (κ1) is 4.72. The van der Waals surface area contributed by atoms with Crippen LogP contribution >= 0.6 is 0 Å². The first-order chi connectivity index (χ1) is 3.83. The van der Waals surface area contributed by atoms with Crippen molar-refractivity contribution in [1.29, 1.82) is 0 Å². The molecule has 0 saturated heterocycles. The summed E-state index contributed by atoms with van der Waals surface area (Å²) in [4.78, 5) is 15.0. The van der Waals surface area contributed by atoms with E-state index in [1.54, 1.807) is 0 Å². The summed E-state index contributed by atoms with van der Waals surface area (Å²) in [6.07, 6.45) is 6.37. The topological polar surface area (TPSA) is 48.6 Å². The zero-order valence-electron chi connectivity index (χ0n) is 4.06. The highest BCUT2D eigenvalue weighted by Gasteiger charge is 1.84. The molecule has 8 heavy (non-hydrogen) atoms. The van der Waals surface area contributed by atoms with Gasteiger partial charge in [-0.05, 0) is 0 Å². The highest BCUT2D eigenvalue weighted by molar-refractivity contribution is 5.19. The second kappa shape index (κ2) is 1.58. The lowest BCUT2D eigenvalue weighted by Crippen LogP contribution is -1.99. The molecule has 0 aromatic carbocycles. The quantitative estimate of drug-likeness (QED) is 0.440. The van der Waals surface area contributed by atoms with Crippen molar-refractivity contribution in [3.8, 4) is 12.3 Å². The molecule has 0 aliphatic rings. The number of aromatic amines is 2. The maximum Gasteiger partial charge on any atom is 0.323 e. The lowest BCUT2D eigenvalue weighted by Gasteiger charge is -1.68. The maximum atomic E-state index is 10.2. The third kappa shape index (κ3) is 0.636. The summed E-state index contributed by atoms with van der Waals surface area (Å²) in [7, 11) is 0. The fourth-order valence-electron chi connectivity index (χ4n) is 0.410. The van der Waals surface area contributed by atoms with Gasteiger partial charge in [0.1, 0.15) is 5.69 Å². The fourth-order valence-corrected chi connectivity index (χ4v) is 0.410. The summed E-state index contributed by atoms with van der Waals surface area (Å²) in [6.45, 7) is 0. The van der Waals surface area contributed by atoms with Gasteiger partial charge in [0.2, 0.25) is 0 Å². The lowest BCUT2D eigenvalue weighted by molar-refractivity contribution is 1.18. The van der Waals surface area contributed by atoms with Crippen molar-refractivity contribution in [2.24, 2.45) is 0 Å². The highest BCUT2D eigenvalue weighted by atomic mass is 16.1. The van der Waals surface area contributed by atoms with E-state index in [9.17, 15) is 4.79 Å². The zero-order valence-corrected chi connectivity index (χ0v) is 4.06. The number of rotatable bonds is 0. The van der Waals surface area contributed by atoms with Crippen LogP contribution in [0.25, 0.3) is 0 Å². The number of hydrogen-bond donors (Lipinski definition) is 2. The van der Waals surface area contributed by atoms with Crippen molar-refractivity contribution in [3.05, 3.63) is 22.4 Å². The zero-order chi connectivity index (χ0) is 5.98. The van der Waals surface area contributed by atoms with Gasteiger partial charge in [-0.2, -0.15) is 0 Å². The van der Waals surface area contributed by atoms with Gasteiger partial charge >= 0.3 is 5.69 Å². The van der Waals surface area contributed by atoms with Crippen LogP contribution in [0.1, 0.15) is 5.69 Å². The van der Waals surface area contributed by atoms with E-state index in [0.717, 1.165) is 0 Å². The predicted octanol–water partition coefficient (Wildman–Crippen LogP) is -0.316. The van der Waals surface area contributed by atoms with Crippen LogP contribution in [0.4, 0.5) is 0 Å². The molecular weight excluding hydrogens is 104 g/mol. The molecule has 0 unspecified atom stereocenters. The largest absolute Gasteiger partial charge is 0.323 e. The third-order valence-corrected chi connectivity index (χ3v) is 0.751. The van der Waals surface area contributed by atoms with E-state index in [2.05, 4.69) is 15.9 Å². The first-order valence-electron chi connectivity index (χ1n) is 2.07. The minimum atomic E-state index is -0.266. The van der Waals surface area contributed by atoms with Crippen molar-refractivity contribution in [2.45, 2.75) is 0 Å². The number of imidazole rings is 1. The van der Waals surface area contributed by atoms with E-state index in [1.165, 1.54) is 6.20 Å². The second-order valence-corrected chi connectivity index (χ2v) is 1.30. The molecule has 1 heterocycles. The maximum absolute atomic E-state index is 10.2. The van der Waals surface area contributed by atoms with Gasteiger partial charge in [0.15, 0.2) is 0 Å². The minimum absolute atomic E-state index is 0.266. The highest BCUT2D eigenvalue weighted by Crippen LogP contribution is 1.78. The van der Waals surface area contributed by atoms with Gasteiger partial charge in [-0.1, -0.05) is 5.92 Å². The summed E-state index contributed by atoms with van der Waals surface area (Å²) >= 11 is 0. The van der Waals surface area contributed by atoms with Gasteiger partial charge in [0, 0.05) is 6.20 Å². The molecule has 40 valence electrons. The van der Waals surface area contributed by atoms with Crippen LogP contribution in [0.2, 0.25) is 0 Å². The van der Waals surface area contributed by atoms with Gasteiger partial charge < -0.3 is 4.98 Å². The number of terminal acetylenes is 1. The summed E-state index contributed by atoms with van der Waals surface area (Å²) < 4.78 is 0. The monoisotopic (exact) mass is 108 g/mol. The number of H-pyrrole nitrogens is 2. The van der Waals surface area contributed by atoms with Crippen molar-refractivity contribution >= 4 is 0 Å². The molecule has 0 bridgehead atoms. The van der Waals surface area contributed by atoms with Crippen molar-refractivity contribution < 1.29 is 0 Å². The summed E-state index contributed by atoms with van der Waals surface area (Å²) in [5.41, 5.74) is 0.216. The molecular formula is C5H4N2O. The van der Waals surface area contributed by atoms with Crippen molar-refractivity contribution in [2.75, 3.05) is 0 Å². The van der Waals surface area contributed by atoms with Gasteiger partial charge in [-0.3, -0.25) is 4.98 Å². The average molecular weight is 108 g/mol. The molecule has 0 aliphatic carbocycles. The SMILES string of the molecule is C#Cc1c[nH]c(=O)[nH]1. The number of hydrogen-bond acceptors (Lipinski definition) is 1. The number of aromatic nitrogens is 2. The Morgan fingerprint density at radius 1 is 1.75 bits per heavy atom. The summed E-state index contributed by atoms with van der Waals surface area (Å²) in [5.74, 6) is 2.26. The van der Waals surface area contributed by atoms with E-state index in [4.69, 9.17) is 6.42 Å². The van der Waals surface area contributed by atoms with E-state index in [0.29, 0.717) is 5.69 Å². The molecule has 0 radical (unpaired) electrons. The van der Waals surface area contributed by atoms with Gasteiger partial charge in [-0.15, -0.1) is 6.42 Å². The van der Waals surface area contributed by atoms with Crippen LogP contribution in [-0.4, -0.2) is 9.97 Å². The second-order valence-electron chi connectivity index (χ2n) is 1.30. The molecule has 0 saturated carbocycles. The van der Waals surface area contributed by atoms with Crippen molar-refractivity contribution in [1.82, 2.24) is 9.97 Å². The molecule has 0 spiro atoms. The van der Waals surface area contributed by atoms with Crippen LogP contribution < -0.4 is 5.69 Å². The molecule has 3 heteroatoms. The Morgan fingerprint density at radius 2 is 2.50 bits per heavy atom. The van der Waals surface area contributed by atoms with Gasteiger partial charge in [0.05, 0.1) is 0 Å². The third-order valence-electron chi connectivity index (χ3n) is 0.751. The van der Waals surface area contributed by atoms with Crippen LogP contribution in [-0.2, 0) is 0 Å². The lowest BCUT2D eigenvalue weighted by atomic mass is 10.5. The Morgan fingerprint density at radius 3 is 2.75 bits per heavy atom. The summed E-state index contributed by atoms with van der Waals surface area (Å²) in [5, 5.41) is 0. The Labute approximate surface area is 45.8 Å². The molecule has 2 N–H and O–H groups in total. The molecule has 0 atom stereocenters. The Hall–Kier alpha value is -1.43. The van der Waals surface area contributed by atoms with Crippen LogP contribution in [0, 0.1) is 12.3 Å².